The maximum absolute atomic E-state index is 12.2. The van der Waals surface area contributed by atoms with Crippen molar-refractivity contribution in [2.24, 2.45) is 0 Å². The lowest BCUT2D eigenvalue weighted by Gasteiger charge is -2.22. The fourth-order valence-electron chi connectivity index (χ4n) is 2.36. The molecule has 7 heteroatoms. The van der Waals surface area contributed by atoms with E-state index in [-0.39, 0.29) is 12.1 Å². The summed E-state index contributed by atoms with van der Waals surface area (Å²) in [5, 5.41) is 5.61. The summed E-state index contributed by atoms with van der Waals surface area (Å²) in [5.74, 6) is 1.82. The van der Waals surface area contributed by atoms with E-state index in [0.29, 0.717) is 23.7 Å². The number of amides is 2. The molecule has 2 amide bonds. The molecule has 2 rings (SSSR count). The highest BCUT2D eigenvalue weighted by Gasteiger charge is 2.18. The lowest BCUT2D eigenvalue weighted by atomic mass is 10.2. The minimum atomic E-state index is -0.333. The number of methoxy groups -OCH3 is 2. The molecule has 24 heavy (non-hydrogen) atoms. The van der Waals surface area contributed by atoms with Gasteiger partial charge < -0.3 is 24.5 Å². The molecular weight excluding hydrogens is 310 g/mol. The Morgan fingerprint density at radius 2 is 2.00 bits per heavy atom. The van der Waals surface area contributed by atoms with E-state index in [9.17, 15) is 4.79 Å². The normalized spacial score (nSPS) is 11.9. The number of benzene rings is 1. The third-order valence-corrected chi connectivity index (χ3v) is 3.60. The SMILES string of the molecule is COc1cccc(NC(=O)NCC(c2ccco2)N(C)C)c1OC. The number of hydrogen-bond donors (Lipinski definition) is 2. The molecule has 0 bridgehead atoms. The number of ether oxygens (including phenoxy) is 2. The van der Waals surface area contributed by atoms with Crippen LogP contribution in [0.5, 0.6) is 11.5 Å². The monoisotopic (exact) mass is 333 g/mol. The molecule has 1 atom stereocenters. The van der Waals surface area contributed by atoms with Gasteiger partial charge in [-0.15, -0.1) is 0 Å². The molecule has 0 spiro atoms. The van der Waals surface area contributed by atoms with Crippen molar-refractivity contribution >= 4 is 11.7 Å². The van der Waals surface area contributed by atoms with E-state index < -0.39 is 0 Å². The van der Waals surface area contributed by atoms with Gasteiger partial charge in [0.05, 0.1) is 32.2 Å². The van der Waals surface area contributed by atoms with Gasteiger partial charge in [-0.3, -0.25) is 4.90 Å². The van der Waals surface area contributed by atoms with E-state index in [1.165, 1.54) is 7.11 Å². The molecular formula is C17H23N3O4. The molecule has 0 saturated carbocycles. The number of rotatable bonds is 7. The number of para-hydroxylation sites is 1. The van der Waals surface area contributed by atoms with Crippen molar-refractivity contribution in [2.75, 3.05) is 40.2 Å². The summed E-state index contributed by atoms with van der Waals surface area (Å²) in [6.45, 7) is 0.401. The zero-order chi connectivity index (χ0) is 17.5. The maximum Gasteiger partial charge on any atom is 0.319 e. The fraction of sp³-hybridized carbons (Fsp3) is 0.353. The summed E-state index contributed by atoms with van der Waals surface area (Å²) < 4.78 is 15.9. The van der Waals surface area contributed by atoms with E-state index in [1.807, 2.05) is 31.1 Å². The van der Waals surface area contributed by atoms with Crippen LogP contribution in [0.15, 0.2) is 41.0 Å². The quantitative estimate of drug-likeness (QED) is 0.815. The number of furan rings is 1. The van der Waals surface area contributed by atoms with Crippen LogP contribution in [0, 0.1) is 0 Å². The Kier molecular flexibility index (Phi) is 6.08. The number of likely N-dealkylation sites (N-methyl/N-ethyl adjacent to an activating group) is 1. The molecule has 0 aliphatic rings. The van der Waals surface area contributed by atoms with Gasteiger partial charge in [0, 0.05) is 6.54 Å². The largest absolute Gasteiger partial charge is 0.493 e. The zero-order valence-corrected chi connectivity index (χ0v) is 14.3. The van der Waals surface area contributed by atoms with Gasteiger partial charge >= 0.3 is 6.03 Å². The lowest BCUT2D eigenvalue weighted by Crippen LogP contribution is -2.36. The Morgan fingerprint density at radius 3 is 2.58 bits per heavy atom. The molecule has 1 aromatic carbocycles. The van der Waals surface area contributed by atoms with Crippen molar-refractivity contribution < 1.29 is 18.7 Å². The molecule has 130 valence electrons. The predicted molar refractivity (Wildman–Crippen MR) is 91.7 cm³/mol. The van der Waals surface area contributed by atoms with Crippen LogP contribution < -0.4 is 20.1 Å². The van der Waals surface area contributed by atoms with Gasteiger partial charge in [-0.25, -0.2) is 4.79 Å². The second-order valence-corrected chi connectivity index (χ2v) is 5.37. The number of nitrogens with one attached hydrogen (secondary N) is 2. The van der Waals surface area contributed by atoms with Crippen LogP contribution in [-0.4, -0.2) is 45.8 Å². The first kappa shape index (κ1) is 17.7. The van der Waals surface area contributed by atoms with Gasteiger partial charge in [0.25, 0.3) is 0 Å². The Balaban J connectivity index is 2.01. The van der Waals surface area contributed by atoms with E-state index in [4.69, 9.17) is 13.9 Å². The van der Waals surface area contributed by atoms with Crippen LogP contribution in [0.25, 0.3) is 0 Å². The summed E-state index contributed by atoms with van der Waals surface area (Å²) >= 11 is 0. The van der Waals surface area contributed by atoms with Gasteiger partial charge in [-0.05, 0) is 38.4 Å². The van der Waals surface area contributed by atoms with Crippen LogP contribution in [0.2, 0.25) is 0 Å². The summed E-state index contributed by atoms with van der Waals surface area (Å²) in [4.78, 5) is 14.2. The van der Waals surface area contributed by atoms with Crippen molar-refractivity contribution in [2.45, 2.75) is 6.04 Å². The predicted octanol–water partition coefficient (Wildman–Crippen LogP) is 2.72. The number of anilines is 1. The minimum Gasteiger partial charge on any atom is -0.493 e. The smallest absolute Gasteiger partial charge is 0.319 e. The molecule has 1 unspecified atom stereocenters. The number of carbonyl (C=O) groups is 1. The molecule has 2 aromatic rings. The van der Waals surface area contributed by atoms with E-state index in [1.54, 1.807) is 31.6 Å². The van der Waals surface area contributed by atoms with Gasteiger partial charge in [0.2, 0.25) is 0 Å². The van der Waals surface area contributed by atoms with Crippen LogP contribution >= 0.6 is 0 Å². The highest BCUT2D eigenvalue weighted by molar-refractivity contribution is 5.91. The van der Waals surface area contributed by atoms with Crippen LogP contribution in [-0.2, 0) is 0 Å². The third-order valence-electron chi connectivity index (χ3n) is 3.60. The average molecular weight is 333 g/mol. The summed E-state index contributed by atoms with van der Waals surface area (Å²) in [7, 11) is 6.93. The van der Waals surface area contributed by atoms with Crippen LogP contribution in [0.1, 0.15) is 11.8 Å². The Morgan fingerprint density at radius 1 is 1.21 bits per heavy atom. The van der Waals surface area contributed by atoms with Crippen molar-refractivity contribution in [1.82, 2.24) is 10.2 Å². The second-order valence-electron chi connectivity index (χ2n) is 5.37. The lowest BCUT2D eigenvalue weighted by molar-refractivity contribution is 0.233. The standard InChI is InChI=1S/C17H23N3O4/c1-20(2)13(14-9-6-10-24-14)11-18-17(21)19-12-7-5-8-15(22-3)16(12)23-4/h5-10,13H,11H2,1-4H3,(H2,18,19,21). The molecule has 0 saturated heterocycles. The molecule has 0 aliphatic carbocycles. The first-order valence-electron chi connectivity index (χ1n) is 7.52. The fourth-order valence-corrected chi connectivity index (χ4v) is 2.36. The molecule has 1 heterocycles. The van der Waals surface area contributed by atoms with Crippen LogP contribution in [0.4, 0.5) is 10.5 Å². The number of carbonyl (C=O) groups excluding carboxylic acids is 1. The average Bonchev–Trinajstić information content (AvgIpc) is 3.08. The van der Waals surface area contributed by atoms with Crippen molar-refractivity contribution in [3.63, 3.8) is 0 Å². The van der Waals surface area contributed by atoms with Gasteiger partial charge in [0.1, 0.15) is 5.76 Å². The summed E-state index contributed by atoms with van der Waals surface area (Å²) in [6.07, 6.45) is 1.62. The molecule has 2 N–H and O–H groups in total. The molecule has 0 fully saturated rings. The highest BCUT2D eigenvalue weighted by atomic mass is 16.5. The number of urea groups is 1. The Hall–Kier alpha value is -2.67. The van der Waals surface area contributed by atoms with Gasteiger partial charge in [0.15, 0.2) is 11.5 Å². The molecule has 0 radical (unpaired) electrons. The summed E-state index contributed by atoms with van der Waals surface area (Å²) in [6, 6.07) is 8.61. The summed E-state index contributed by atoms with van der Waals surface area (Å²) in [5.41, 5.74) is 0.536. The molecule has 1 aromatic heterocycles. The zero-order valence-electron chi connectivity index (χ0n) is 14.3. The van der Waals surface area contributed by atoms with Crippen molar-refractivity contribution in [3.8, 4) is 11.5 Å². The van der Waals surface area contributed by atoms with E-state index >= 15 is 0 Å². The molecule has 0 aliphatic heterocycles. The van der Waals surface area contributed by atoms with E-state index in [2.05, 4.69) is 10.6 Å². The van der Waals surface area contributed by atoms with Gasteiger partial charge in [-0.2, -0.15) is 0 Å². The minimum absolute atomic E-state index is 0.0574. The van der Waals surface area contributed by atoms with Crippen LogP contribution in [0.3, 0.4) is 0 Å². The first-order valence-corrected chi connectivity index (χ1v) is 7.52. The Bertz CT molecular complexity index is 656. The number of hydrogen-bond acceptors (Lipinski definition) is 5. The number of nitrogens with zero attached hydrogens (tertiary/aromatic N) is 1. The highest BCUT2D eigenvalue weighted by Crippen LogP contribution is 2.34. The maximum atomic E-state index is 12.2. The second kappa shape index (κ2) is 8.26. The molecule has 7 nitrogen and oxygen atoms in total. The van der Waals surface area contributed by atoms with Crippen molar-refractivity contribution in [3.05, 3.63) is 42.4 Å². The van der Waals surface area contributed by atoms with E-state index in [0.717, 1.165) is 5.76 Å². The Labute approximate surface area is 141 Å². The van der Waals surface area contributed by atoms with Gasteiger partial charge in [-0.1, -0.05) is 6.07 Å². The van der Waals surface area contributed by atoms with Crippen molar-refractivity contribution in [1.29, 1.82) is 0 Å². The topological polar surface area (TPSA) is 76.0 Å². The first-order chi connectivity index (χ1) is 11.6. The third kappa shape index (κ3) is 4.20.